The molecule has 2 aromatic carbocycles. The van der Waals surface area contributed by atoms with Crippen molar-refractivity contribution in [1.82, 2.24) is 0 Å². The second-order valence-electron chi connectivity index (χ2n) is 7.10. The van der Waals surface area contributed by atoms with Crippen molar-refractivity contribution in [3.05, 3.63) is 71.2 Å². The zero-order chi connectivity index (χ0) is 19.7. The van der Waals surface area contributed by atoms with Gasteiger partial charge in [0.05, 0.1) is 6.61 Å². The van der Waals surface area contributed by atoms with Crippen LogP contribution in [-0.2, 0) is 9.59 Å². The molecule has 1 atom stereocenters. The first-order valence-electron chi connectivity index (χ1n) is 9.66. The van der Waals surface area contributed by atoms with Crippen LogP contribution in [-0.4, -0.2) is 18.3 Å². The van der Waals surface area contributed by atoms with Gasteiger partial charge in [0.2, 0.25) is 5.91 Å². The molecule has 144 valence electrons. The quantitative estimate of drug-likeness (QED) is 0.770. The van der Waals surface area contributed by atoms with Crippen molar-refractivity contribution < 1.29 is 18.7 Å². The number of nitrogens with zero attached hydrogens (tertiary/aromatic N) is 1. The van der Waals surface area contributed by atoms with Crippen LogP contribution in [0.15, 0.2) is 59.8 Å². The molecular weight excluding hydrogens is 357 g/mol. The third-order valence-electron chi connectivity index (χ3n) is 5.35. The van der Waals surface area contributed by atoms with Crippen molar-refractivity contribution in [2.45, 2.75) is 38.5 Å². The lowest BCUT2D eigenvalue weighted by molar-refractivity contribution is -0.119. The molecule has 1 aliphatic heterocycles. The molecule has 1 unspecified atom stereocenters. The standard InChI is InChI=1S/C23H22FNO3/c1-2-28-18-12-6-15(7-13-18)19-14-22(27)25(17-10-8-16(24)9-11-17)20-4-3-5-21(26)23(19)20/h6-13,19H,2-5,14H2,1H3. The molecule has 1 aliphatic carbocycles. The van der Waals surface area contributed by atoms with Crippen LogP contribution in [0.4, 0.5) is 10.1 Å². The number of halogens is 1. The van der Waals surface area contributed by atoms with Crippen LogP contribution in [0.3, 0.4) is 0 Å². The lowest BCUT2D eigenvalue weighted by atomic mass is 9.77. The Morgan fingerprint density at radius 1 is 1.04 bits per heavy atom. The minimum atomic E-state index is -0.352. The summed E-state index contributed by atoms with van der Waals surface area (Å²) in [5.74, 6) is 0.196. The lowest BCUT2D eigenvalue weighted by Crippen LogP contribution is -2.40. The fourth-order valence-electron chi connectivity index (χ4n) is 4.13. The lowest BCUT2D eigenvalue weighted by Gasteiger charge is -2.38. The van der Waals surface area contributed by atoms with Crippen molar-refractivity contribution in [2.24, 2.45) is 0 Å². The Bertz CT molecular complexity index is 931. The highest BCUT2D eigenvalue weighted by Gasteiger charge is 2.39. The summed E-state index contributed by atoms with van der Waals surface area (Å²) < 4.78 is 18.8. The van der Waals surface area contributed by atoms with E-state index in [1.807, 2.05) is 31.2 Å². The Labute approximate surface area is 163 Å². The van der Waals surface area contributed by atoms with E-state index in [0.29, 0.717) is 25.1 Å². The molecule has 0 N–H and O–H groups in total. The monoisotopic (exact) mass is 379 g/mol. The Morgan fingerprint density at radius 3 is 2.43 bits per heavy atom. The molecule has 4 nitrogen and oxygen atoms in total. The van der Waals surface area contributed by atoms with Gasteiger partial charge in [-0.3, -0.25) is 14.5 Å². The number of ketones is 1. The topological polar surface area (TPSA) is 46.6 Å². The van der Waals surface area contributed by atoms with Crippen LogP contribution < -0.4 is 9.64 Å². The number of Topliss-reactive ketones (excluding diaryl/α,β-unsaturated/α-hetero) is 1. The molecule has 2 aliphatic rings. The zero-order valence-corrected chi connectivity index (χ0v) is 15.8. The van der Waals surface area contributed by atoms with E-state index in [-0.39, 0.29) is 29.8 Å². The first kappa shape index (κ1) is 18.4. The van der Waals surface area contributed by atoms with Crippen LogP contribution in [0.2, 0.25) is 0 Å². The van der Waals surface area contributed by atoms with Crippen molar-refractivity contribution in [3.8, 4) is 5.75 Å². The summed E-state index contributed by atoms with van der Waals surface area (Å²) in [6.07, 6.45) is 2.10. The molecular formula is C23H22FNO3. The Balaban J connectivity index is 1.77. The van der Waals surface area contributed by atoms with Crippen LogP contribution in [0, 0.1) is 5.82 Å². The van der Waals surface area contributed by atoms with E-state index in [0.717, 1.165) is 29.0 Å². The number of benzene rings is 2. The molecule has 0 saturated carbocycles. The maximum atomic E-state index is 13.3. The normalized spacial score (nSPS) is 19.6. The highest BCUT2D eigenvalue weighted by Crippen LogP contribution is 2.43. The molecule has 4 rings (SSSR count). The van der Waals surface area contributed by atoms with Gasteiger partial charge in [0.1, 0.15) is 11.6 Å². The van der Waals surface area contributed by atoms with E-state index in [1.54, 1.807) is 17.0 Å². The smallest absolute Gasteiger partial charge is 0.232 e. The van der Waals surface area contributed by atoms with E-state index in [9.17, 15) is 14.0 Å². The molecule has 1 amide bonds. The third-order valence-corrected chi connectivity index (χ3v) is 5.35. The van der Waals surface area contributed by atoms with Gasteiger partial charge in [-0.15, -0.1) is 0 Å². The summed E-state index contributed by atoms with van der Waals surface area (Å²) in [5.41, 5.74) is 3.04. The molecule has 0 aromatic heterocycles. The van der Waals surface area contributed by atoms with Gasteiger partial charge in [0.15, 0.2) is 5.78 Å². The Hall–Kier alpha value is -2.95. The highest BCUT2D eigenvalue weighted by atomic mass is 19.1. The summed E-state index contributed by atoms with van der Waals surface area (Å²) in [6, 6.07) is 13.5. The van der Waals surface area contributed by atoms with Gasteiger partial charge in [0.25, 0.3) is 0 Å². The predicted octanol–water partition coefficient (Wildman–Crippen LogP) is 4.75. The fourth-order valence-corrected chi connectivity index (χ4v) is 4.13. The van der Waals surface area contributed by atoms with E-state index < -0.39 is 0 Å². The second-order valence-corrected chi connectivity index (χ2v) is 7.10. The number of rotatable bonds is 4. The number of hydrogen-bond donors (Lipinski definition) is 0. The SMILES string of the molecule is CCOc1ccc(C2CC(=O)N(c3ccc(F)cc3)C3=C2C(=O)CCC3)cc1. The first-order chi connectivity index (χ1) is 13.6. The summed E-state index contributed by atoms with van der Waals surface area (Å²) >= 11 is 0. The van der Waals surface area contributed by atoms with E-state index in [1.165, 1.54) is 12.1 Å². The molecule has 5 heteroatoms. The zero-order valence-electron chi connectivity index (χ0n) is 15.8. The number of amides is 1. The minimum absolute atomic E-state index is 0.0704. The van der Waals surface area contributed by atoms with Gasteiger partial charge < -0.3 is 4.74 Å². The number of carbonyl (C=O) groups excluding carboxylic acids is 2. The first-order valence-corrected chi connectivity index (χ1v) is 9.66. The number of anilines is 1. The van der Waals surface area contributed by atoms with Crippen LogP contribution in [0.5, 0.6) is 5.75 Å². The highest BCUT2D eigenvalue weighted by molar-refractivity contribution is 6.07. The second kappa shape index (κ2) is 7.58. The van der Waals surface area contributed by atoms with Gasteiger partial charge in [0, 0.05) is 35.7 Å². The number of allylic oxidation sites excluding steroid dienone is 2. The van der Waals surface area contributed by atoms with Crippen LogP contribution in [0.1, 0.15) is 44.1 Å². The van der Waals surface area contributed by atoms with Crippen molar-refractivity contribution in [2.75, 3.05) is 11.5 Å². The number of hydrogen-bond acceptors (Lipinski definition) is 3. The molecule has 0 radical (unpaired) electrons. The molecule has 0 fully saturated rings. The molecule has 0 spiro atoms. The average molecular weight is 379 g/mol. The maximum absolute atomic E-state index is 13.3. The van der Waals surface area contributed by atoms with Gasteiger partial charge in [-0.25, -0.2) is 4.39 Å². The fraction of sp³-hybridized carbons (Fsp3) is 0.304. The molecule has 2 aromatic rings. The van der Waals surface area contributed by atoms with Crippen molar-refractivity contribution in [3.63, 3.8) is 0 Å². The Morgan fingerprint density at radius 2 is 1.75 bits per heavy atom. The summed E-state index contributed by atoms with van der Waals surface area (Å²) in [7, 11) is 0. The average Bonchev–Trinajstić information content (AvgIpc) is 2.69. The van der Waals surface area contributed by atoms with Gasteiger partial charge in [-0.05, 0) is 61.7 Å². The van der Waals surface area contributed by atoms with Crippen LogP contribution >= 0.6 is 0 Å². The van der Waals surface area contributed by atoms with E-state index in [4.69, 9.17) is 4.74 Å². The number of carbonyl (C=O) groups is 2. The largest absolute Gasteiger partial charge is 0.494 e. The van der Waals surface area contributed by atoms with Gasteiger partial charge >= 0.3 is 0 Å². The number of ether oxygens (including phenoxy) is 1. The predicted molar refractivity (Wildman–Crippen MR) is 105 cm³/mol. The summed E-state index contributed by atoms with van der Waals surface area (Å²) in [5, 5.41) is 0. The minimum Gasteiger partial charge on any atom is -0.494 e. The molecule has 28 heavy (non-hydrogen) atoms. The maximum Gasteiger partial charge on any atom is 0.232 e. The van der Waals surface area contributed by atoms with E-state index >= 15 is 0 Å². The summed E-state index contributed by atoms with van der Waals surface area (Å²) in [4.78, 5) is 27.5. The van der Waals surface area contributed by atoms with Crippen molar-refractivity contribution in [1.29, 1.82) is 0 Å². The van der Waals surface area contributed by atoms with Crippen LogP contribution in [0.25, 0.3) is 0 Å². The Kier molecular flexibility index (Phi) is 4.99. The van der Waals surface area contributed by atoms with Gasteiger partial charge in [-0.2, -0.15) is 0 Å². The van der Waals surface area contributed by atoms with Crippen molar-refractivity contribution >= 4 is 17.4 Å². The third kappa shape index (κ3) is 3.33. The molecule has 1 heterocycles. The van der Waals surface area contributed by atoms with E-state index in [2.05, 4.69) is 0 Å². The van der Waals surface area contributed by atoms with Gasteiger partial charge in [-0.1, -0.05) is 12.1 Å². The molecule has 0 bridgehead atoms. The summed E-state index contributed by atoms with van der Waals surface area (Å²) in [6.45, 7) is 2.51. The molecule has 0 saturated heterocycles.